The summed E-state index contributed by atoms with van der Waals surface area (Å²) in [5, 5.41) is 10.7. The zero-order chi connectivity index (χ0) is 81.4. The molecule has 116 heavy (non-hydrogen) atoms. The van der Waals surface area contributed by atoms with Gasteiger partial charge in [0.1, 0.15) is 37.8 Å². The minimum absolute atomic E-state index is 0.0549. The predicted molar refractivity (Wildman–Crippen MR) is 424 cm³/mol. The minimum Gasteiger partial charge on any atom is -0.468 e. The molecule has 9 aromatic carbocycles. The predicted octanol–water partition coefficient (Wildman–Crippen LogP) is 9.43. The number of hydrogen-bond donors (Lipinski definition) is 4. The number of ether oxygens (including phenoxy) is 9. The summed E-state index contributed by atoms with van der Waals surface area (Å²) in [6.45, 7) is 7.01. The quantitative estimate of drug-likeness (QED) is 0.0736. The normalized spacial score (nSPS) is 17.6. The molecule has 8 heterocycles. The van der Waals surface area contributed by atoms with Crippen molar-refractivity contribution in [1.29, 1.82) is 0 Å². The smallest absolute Gasteiger partial charge is 0.325 e. The van der Waals surface area contributed by atoms with Crippen molar-refractivity contribution in [1.82, 2.24) is 16.0 Å². The second-order valence-corrected chi connectivity index (χ2v) is 27.3. The summed E-state index contributed by atoms with van der Waals surface area (Å²) in [6.07, 6.45) is -1.28. The molecule has 0 aliphatic carbocycles. The van der Waals surface area contributed by atoms with E-state index in [1.165, 1.54) is 34.9 Å². The van der Waals surface area contributed by atoms with Crippen molar-refractivity contribution in [2.75, 3.05) is 88.0 Å². The van der Waals surface area contributed by atoms with E-state index in [1.54, 1.807) is 83.3 Å². The molecular weight excluding hydrogens is 1500 g/mol. The fourth-order valence-corrected chi connectivity index (χ4v) is 13.6. The van der Waals surface area contributed by atoms with Gasteiger partial charge in [-0.05, 0) is 142 Å². The maximum atomic E-state index is 13.8. The van der Waals surface area contributed by atoms with Gasteiger partial charge in [-0.25, -0.2) is 13.8 Å². The van der Waals surface area contributed by atoms with Crippen LogP contribution in [0.2, 0.25) is 0 Å². The lowest BCUT2D eigenvalue weighted by molar-refractivity contribution is -0.140. The van der Waals surface area contributed by atoms with Crippen LogP contribution in [-0.4, -0.2) is 162 Å². The van der Waals surface area contributed by atoms with Crippen molar-refractivity contribution >= 4 is 92.9 Å². The van der Waals surface area contributed by atoms with Crippen LogP contribution in [0.5, 0.6) is 46.0 Å². The largest absolute Gasteiger partial charge is 0.468 e. The number of amides is 7. The first-order valence-corrected chi connectivity index (χ1v) is 36.9. The first-order valence-electron chi connectivity index (χ1n) is 36.9. The number of methoxy groups -OCH3 is 1. The fraction of sp³-hybridized carbons (Fsp3) is 0.233. The van der Waals surface area contributed by atoms with Gasteiger partial charge in [0.2, 0.25) is 57.0 Å². The maximum absolute atomic E-state index is 13.8. The average Bonchev–Trinajstić information content (AvgIpc) is 1.63. The van der Waals surface area contributed by atoms with E-state index < -0.39 is 65.5 Å². The molecule has 0 spiro atoms. The number of rotatable bonds is 14. The SMILES string of the molecule is CC1N=C(c2ccc3c(c2)OCO3)c2ccccc2NC1=O.CNC(=O)CN1C(=O)C(C)N=C(c2ccc3c(c2)OCO3)c2ccccc21.CNC(=O)CN1C(=O)C(NC(=O)[C@@H](C)Cc2ccc(F)c(F)c2)N=C(c2ccc3c(c2)OCO3)c2ccccc21.COC(=O)CN1C(=O)C(C)N=C(c2ccc3c(c2)OCO3)c2ccccc21. The van der Waals surface area contributed by atoms with E-state index in [9.17, 15) is 47.1 Å². The Kier molecular flexibility index (Phi) is 23.2. The van der Waals surface area contributed by atoms with Gasteiger partial charge < -0.3 is 68.8 Å². The highest BCUT2D eigenvalue weighted by Gasteiger charge is 2.38. The van der Waals surface area contributed by atoms with E-state index in [0.717, 1.165) is 62.7 Å². The molecule has 4 N–H and O–H groups in total. The van der Waals surface area contributed by atoms with Gasteiger partial charge in [-0.15, -0.1) is 0 Å². The highest BCUT2D eigenvalue weighted by Crippen LogP contribution is 2.41. The highest BCUT2D eigenvalue weighted by molar-refractivity contribution is 6.24. The first kappa shape index (κ1) is 78.4. The number of esters is 1. The van der Waals surface area contributed by atoms with Crippen LogP contribution in [-0.2, 0) is 49.5 Å². The van der Waals surface area contributed by atoms with Crippen molar-refractivity contribution in [3.63, 3.8) is 0 Å². The van der Waals surface area contributed by atoms with E-state index in [1.807, 2.05) is 121 Å². The summed E-state index contributed by atoms with van der Waals surface area (Å²) in [6, 6.07) is 53.3. The lowest BCUT2D eigenvalue weighted by Gasteiger charge is -2.25. The Morgan fingerprint density at radius 2 is 0.819 bits per heavy atom. The van der Waals surface area contributed by atoms with Crippen LogP contribution in [0.1, 0.15) is 77.8 Å². The second-order valence-electron chi connectivity index (χ2n) is 27.3. The molecule has 9 aromatic rings. The lowest BCUT2D eigenvalue weighted by atomic mass is 9.99. The van der Waals surface area contributed by atoms with Gasteiger partial charge in [0.15, 0.2) is 57.6 Å². The van der Waals surface area contributed by atoms with Gasteiger partial charge in [0, 0.05) is 64.5 Å². The van der Waals surface area contributed by atoms with Crippen LogP contribution in [0.3, 0.4) is 0 Å². The number of nitrogens with zero attached hydrogens (tertiary/aromatic N) is 7. The molecule has 0 fully saturated rings. The number of para-hydroxylation sites is 4. The van der Waals surface area contributed by atoms with Crippen LogP contribution >= 0.6 is 0 Å². The first-order chi connectivity index (χ1) is 56.1. The Bertz CT molecular complexity index is 5400. The Balaban J connectivity index is 0.000000131. The Hall–Kier alpha value is -14.3. The topological polar surface area (TPSA) is 327 Å². The Morgan fingerprint density at radius 1 is 0.448 bits per heavy atom. The lowest BCUT2D eigenvalue weighted by Crippen LogP contribution is -2.51. The maximum Gasteiger partial charge on any atom is 0.325 e. The third-order valence-electron chi connectivity index (χ3n) is 19.7. The zero-order valence-corrected chi connectivity index (χ0v) is 63.8. The molecule has 0 bridgehead atoms. The third-order valence-corrected chi connectivity index (χ3v) is 19.7. The van der Waals surface area contributed by atoms with Gasteiger partial charge >= 0.3 is 5.97 Å². The number of anilines is 4. The molecule has 0 saturated heterocycles. The molecule has 30 heteroatoms. The molecule has 0 radical (unpaired) electrons. The molecule has 7 amide bonds. The molecule has 8 aliphatic heterocycles. The number of aliphatic imine (C=N–C) groups is 4. The molecule has 0 aromatic heterocycles. The van der Waals surface area contributed by atoms with Crippen molar-refractivity contribution < 1.29 is 89.8 Å². The summed E-state index contributed by atoms with van der Waals surface area (Å²) in [4.78, 5) is 124. The molecular formula is C86H77F2N11O17. The summed E-state index contributed by atoms with van der Waals surface area (Å²) < 4.78 is 75.2. The second kappa shape index (κ2) is 34.3. The number of hydrogen-bond acceptors (Lipinski definition) is 21. The number of carbonyl (C=O) groups excluding carboxylic acids is 8. The van der Waals surface area contributed by atoms with Gasteiger partial charge in [-0.3, -0.25) is 63.1 Å². The van der Waals surface area contributed by atoms with E-state index >= 15 is 0 Å². The third kappa shape index (κ3) is 16.8. The Labute approximate surface area is 663 Å². The van der Waals surface area contributed by atoms with E-state index in [-0.39, 0.29) is 76.9 Å². The zero-order valence-electron chi connectivity index (χ0n) is 63.8. The summed E-state index contributed by atoms with van der Waals surface area (Å²) >= 11 is 0. The molecule has 4 unspecified atom stereocenters. The number of carbonyl (C=O) groups is 8. The van der Waals surface area contributed by atoms with Crippen LogP contribution in [0.15, 0.2) is 208 Å². The molecule has 8 aliphatic rings. The van der Waals surface area contributed by atoms with Crippen LogP contribution in [0.25, 0.3) is 0 Å². The van der Waals surface area contributed by atoms with E-state index in [4.69, 9.17) is 42.6 Å². The minimum atomic E-state index is -1.38. The number of benzene rings is 9. The molecule has 592 valence electrons. The van der Waals surface area contributed by atoms with E-state index in [2.05, 4.69) is 41.2 Å². The van der Waals surface area contributed by atoms with Crippen molar-refractivity contribution in [2.24, 2.45) is 25.9 Å². The average molecular weight is 1570 g/mol. The van der Waals surface area contributed by atoms with Gasteiger partial charge in [-0.1, -0.05) is 85.8 Å². The molecule has 28 nitrogen and oxygen atoms in total. The molecule has 17 rings (SSSR count). The standard InChI is InChI=1S/C29H26F2N4O5.C20H19N3O4.C20H18N2O5.C17H14N2O3/c1-16(11-17-7-9-20(30)21(31)12-17)28(37)34-27-29(38)35(14-25(36)32-2)22-6-4-3-5-19(22)26(33-27)18-8-10-23-24(13-18)40-15-39-23;1-12-20(25)23(10-18(24)21-2)15-6-4-3-5-14(15)19(22-12)13-7-8-16-17(9-13)27-11-26-16;1-12-20(24)22(10-18(23)25-2)15-6-4-3-5-14(15)19(21-12)13-7-8-16-17(9-13)27-11-26-16;1-10-17(20)19-13-5-3-2-4-12(13)16(18-10)11-6-7-14-15(8-11)22-9-21-14/h3-10,12-13,16,27H,11,14-15H2,1-2H3,(H,32,36)(H,34,37);3-9,12H,10-11H2,1-2H3,(H,21,24);3-9,12H,10-11H2,1-2H3;2-8,10H,9H2,1H3,(H,19,20)/t16-,27?;;;/m0.../s1. The fourth-order valence-electron chi connectivity index (χ4n) is 13.6. The van der Waals surface area contributed by atoms with Gasteiger partial charge in [0.05, 0.1) is 52.7 Å². The van der Waals surface area contributed by atoms with Gasteiger partial charge in [0.25, 0.3) is 17.7 Å². The number of fused-ring (bicyclic) bond motifs is 8. The highest BCUT2D eigenvalue weighted by atomic mass is 19.2. The van der Waals surface area contributed by atoms with Crippen molar-refractivity contribution in [3.8, 4) is 46.0 Å². The van der Waals surface area contributed by atoms with Crippen molar-refractivity contribution in [2.45, 2.75) is 58.4 Å². The number of likely N-dealkylation sites (N-methyl/N-ethyl adjacent to an activating group) is 2. The number of benzodiazepines with no additional fused rings is 4. The van der Waals surface area contributed by atoms with Gasteiger partial charge in [-0.2, -0.15) is 0 Å². The van der Waals surface area contributed by atoms with Crippen LogP contribution < -0.4 is 73.9 Å². The molecule has 0 saturated carbocycles. The number of nitrogens with one attached hydrogen (secondary N) is 4. The Morgan fingerprint density at radius 3 is 1.24 bits per heavy atom. The number of halogens is 2. The summed E-state index contributed by atoms with van der Waals surface area (Å²) in [7, 11) is 4.31. The summed E-state index contributed by atoms with van der Waals surface area (Å²) in [5.41, 5.74) is 11.6. The summed E-state index contributed by atoms with van der Waals surface area (Å²) in [5.74, 6) is -0.393. The monoisotopic (exact) mass is 1570 g/mol. The molecule has 5 atom stereocenters. The van der Waals surface area contributed by atoms with Crippen LogP contribution in [0, 0.1) is 17.6 Å². The van der Waals surface area contributed by atoms with E-state index in [0.29, 0.717) is 91.1 Å². The van der Waals surface area contributed by atoms with Crippen molar-refractivity contribution in [3.05, 3.63) is 250 Å². The van der Waals surface area contributed by atoms with Crippen LogP contribution in [0.4, 0.5) is 31.5 Å².